The number of rotatable bonds is 5. The highest BCUT2D eigenvalue weighted by molar-refractivity contribution is 6.05. The molecule has 0 saturated carbocycles. The summed E-state index contributed by atoms with van der Waals surface area (Å²) in [6.45, 7) is 1.68. The molecule has 2 N–H and O–H groups in total. The van der Waals surface area contributed by atoms with Crippen LogP contribution in [-0.2, 0) is 0 Å². The Balaban J connectivity index is 1.46. The highest BCUT2D eigenvalue weighted by atomic mass is 19.1. The topological polar surface area (TPSA) is 95.4 Å². The average Bonchev–Trinajstić information content (AvgIpc) is 3.20. The molecule has 2 heterocycles. The van der Waals surface area contributed by atoms with Gasteiger partial charge in [-0.15, -0.1) is 0 Å². The third-order valence-electron chi connectivity index (χ3n) is 5.24. The molecule has 4 rings (SSSR count). The molecule has 9 heteroatoms. The zero-order valence-corrected chi connectivity index (χ0v) is 15.8. The van der Waals surface area contributed by atoms with Gasteiger partial charge in [0.1, 0.15) is 18.0 Å². The molecule has 30 heavy (non-hydrogen) atoms. The first-order chi connectivity index (χ1) is 14.4. The minimum absolute atomic E-state index is 0.112. The Morgan fingerprint density at radius 3 is 2.77 bits per heavy atom. The van der Waals surface area contributed by atoms with Crippen LogP contribution in [0.2, 0.25) is 0 Å². The molecule has 0 bridgehead atoms. The number of benzene rings is 2. The van der Waals surface area contributed by atoms with Gasteiger partial charge in [-0.3, -0.25) is 4.79 Å². The number of nitrogens with one attached hydrogen (secondary N) is 1. The van der Waals surface area contributed by atoms with E-state index < -0.39 is 23.5 Å². The van der Waals surface area contributed by atoms with Gasteiger partial charge in [-0.2, -0.15) is 0 Å². The summed E-state index contributed by atoms with van der Waals surface area (Å²) < 4.78 is 26.8. The van der Waals surface area contributed by atoms with Crippen LogP contribution in [0.15, 0.2) is 42.9 Å². The van der Waals surface area contributed by atoms with E-state index in [-0.39, 0.29) is 17.0 Å². The number of carboxylic acid groups (broad SMARTS) is 1. The number of carbonyl (C=O) groups excluding carboxylic acids is 1. The van der Waals surface area contributed by atoms with Gasteiger partial charge in [0.05, 0.1) is 16.6 Å². The Hall–Kier alpha value is -3.62. The van der Waals surface area contributed by atoms with E-state index in [1.165, 1.54) is 12.4 Å². The van der Waals surface area contributed by atoms with Gasteiger partial charge in [0.2, 0.25) is 0 Å². The largest absolute Gasteiger partial charge is 0.478 e. The van der Waals surface area contributed by atoms with Gasteiger partial charge in [-0.05, 0) is 36.6 Å². The maximum absolute atomic E-state index is 13.8. The Labute approximate surface area is 170 Å². The standard InChI is InChI=1S/C21H18F2N4O3/c22-13-1-2-14(17(23)7-13)20(28)25-8-12-5-6-27(10-12)18-4-3-15(21(29)30)19-16(18)9-24-11-26-19/h1-4,7,9,11-12H,5-6,8,10H2,(H,25,28)(H,29,30). The van der Waals surface area contributed by atoms with Gasteiger partial charge in [-0.25, -0.2) is 23.5 Å². The first-order valence-electron chi connectivity index (χ1n) is 9.38. The Kier molecular flexibility index (Phi) is 5.26. The van der Waals surface area contributed by atoms with Crippen molar-refractivity contribution < 1.29 is 23.5 Å². The van der Waals surface area contributed by atoms with E-state index in [1.54, 1.807) is 12.3 Å². The zero-order chi connectivity index (χ0) is 21.3. The van der Waals surface area contributed by atoms with Gasteiger partial charge in [0.15, 0.2) is 0 Å². The van der Waals surface area contributed by atoms with Gasteiger partial charge < -0.3 is 15.3 Å². The fourth-order valence-corrected chi connectivity index (χ4v) is 3.73. The second-order valence-electron chi connectivity index (χ2n) is 7.16. The van der Waals surface area contributed by atoms with E-state index in [1.807, 2.05) is 0 Å². The monoisotopic (exact) mass is 412 g/mol. The summed E-state index contributed by atoms with van der Waals surface area (Å²) in [7, 11) is 0. The van der Waals surface area contributed by atoms with Crippen molar-refractivity contribution in [2.45, 2.75) is 6.42 Å². The molecule has 3 aromatic rings. The summed E-state index contributed by atoms with van der Waals surface area (Å²) in [5.74, 6) is -3.15. The predicted octanol–water partition coefficient (Wildman–Crippen LogP) is 2.86. The summed E-state index contributed by atoms with van der Waals surface area (Å²) in [5.41, 5.74) is 1.12. The number of hydrogen-bond acceptors (Lipinski definition) is 5. The fourth-order valence-electron chi connectivity index (χ4n) is 3.73. The molecule has 1 saturated heterocycles. The Bertz CT molecular complexity index is 1140. The summed E-state index contributed by atoms with van der Waals surface area (Å²) >= 11 is 0. The van der Waals surface area contributed by atoms with E-state index in [9.17, 15) is 23.5 Å². The highest BCUT2D eigenvalue weighted by Gasteiger charge is 2.26. The lowest BCUT2D eigenvalue weighted by Gasteiger charge is -2.21. The van der Waals surface area contributed by atoms with E-state index in [0.29, 0.717) is 36.6 Å². The highest BCUT2D eigenvalue weighted by Crippen LogP contribution is 2.31. The molecule has 1 unspecified atom stereocenters. The van der Waals surface area contributed by atoms with Crippen LogP contribution in [0.5, 0.6) is 0 Å². The Morgan fingerprint density at radius 2 is 2.00 bits per heavy atom. The van der Waals surface area contributed by atoms with Crippen LogP contribution >= 0.6 is 0 Å². The lowest BCUT2D eigenvalue weighted by molar-refractivity contribution is 0.0698. The molecule has 0 spiro atoms. The number of fused-ring (bicyclic) bond motifs is 1. The van der Waals surface area contributed by atoms with Crippen molar-refractivity contribution in [3.05, 3.63) is 65.6 Å². The van der Waals surface area contributed by atoms with E-state index >= 15 is 0 Å². The van der Waals surface area contributed by atoms with Crippen LogP contribution in [0.3, 0.4) is 0 Å². The molecule has 7 nitrogen and oxygen atoms in total. The lowest BCUT2D eigenvalue weighted by Crippen LogP contribution is -2.31. The van der Waals surface area contributed by atoms with Crippen molar-refractivity contribution in [2.24, 2.45) is 5.92 Å². The molecule has 2 aromatic carbocycles. The molecule has 1 fully saturated rings. The fraction of sp³-hybridized carbons (Fsp3) is 0.238. The van der Waals surface area contributed by atoms with Crippen molar-refractivity contribution in [3.63, 3.8) is 0 Å². The number of halogens is 2. The Morgan fingerprint density at radius 1 is 1.20 bits per heavy atom. The van der Waals surface area contributed by atoms with Crippen molar-refractivity contribution in [2.75, 3.05) is 24.5 Å². The molecule has 0 aliphatic carbocycles. The summed E-state index contributed by atoms with van der Waals surface area (Å²) in [5, 5.41) is 12.7. The van der Waals surface area contributed by atoms with Crippen LogP contribution in [0.4, 0.5) is 14.5 Å². The molecular formula is C21H18F2N4O3. The first kappa shape index (κ1) is 19.7. The second-order valence-corrected chi connectivity index (χ2v) is 7.16. The summed E-state index contributed by atoms with van der Waals surface area (Å²) in [6, 6.07) is 6.12. The number of aromatic carboxylic acids is 1. The molecule has 1 atom stereocenters. The van der Waals surface area contributed by atoms with Gasteiger partial charge in [0.25, 0.3) is 5.91 Å². The number of anilines is 1. The van der Waals surface area contributed by atoms with Gasteiger partial charge >= 0.3 is 5.97 Å². The number of hydrogen-bond donors (Lipinski definition) is 2. The van der Waals surface area contributed by atoms with Crippen LogP contribution in [0.1, 0.15) is 27.1 Å². The maximum Gasteiger partial charge on any atom is 0.337 e. The van der Waals surface area contributed by atoms with E-state index in [4.69, 9.17) is 0 Å². The van der Waals surface area contributed by atoms with E-state index in [0.717, 1.165) is 24.2 Å². The smallest absolute Gasteiger partial charge is 0.337 e. The number of nitrogens with zero attached hydrogens (tertiary/aromatic N) is 3. The molecule has 1 aliphatic rings. The van der Waals surface area contributed by atoms with Crippen molar-refractivity contribution in [1.29, 1.82) is 0 Å². The SMILES string of the molecule is O=C(NCC1CCN(c2ccc(C(=O)O)c3ncncc23)C1)c1ccc(F)cc1F. The number of amides is 1. The van der Waals surface area contributed by atoms with Crippen molar-refractivity contribution in [3.8, 4) is 0 Å². The maximum atomic E-state index is 13.8. The number of carbonyl (C=O) groups is 2. The summed E-state index contributed by atoms with van der Waals surface area (Å²) in [6.07, 6.45) is 3.70. The molecule has 1 amide bonds. The molecule has 1 aromatic heterocycles. The van der Waals surface area contributed by atoms with Crippen molar-refractivity contribution in [1.82, 2.24) is 15.3 Å². The van der Waals surface area contributed by atoms with E-state index in [2.05, 4.69) is 20.2 Å². The number of aromatic nitrogens is 2. The molecule has 1 aliphatic heterocycles. The first-order valence-corrected chi connectivity index (χ1v) is 9.38. The summed E-state index contributed by atoms with van der Waals surface area (Å²) in [4.78, 5) is 33.9. The molecular weight excluding hydrogens is 394 g/mol. The normalized spacial score (nSPS) is 16.1. The van der Waals surface area contributed by atoms with Crippen LogP contribution in [-0.4, -0.2) is 46.6 Å². The molecule has 154 valence electrons. The van der Waals surface area contributed by atoms with Crippen LogP contribution in [0, 0.1) is 17.6 Å². The number of carboxylic acids is 1. The van der Waals surface area contributed by atoms with Gasteiger partial charge in [0, 0.05) is 43.0 Å². The van der Waals surface area contributed by atoms with Gasteiger partial charge in [-0.1, -0.05) is 0 Å². The quantitative estimate of drug-likeness (QED) is 0.669. The second kappa shape index (κ2) is 8.02. The zero-order valence-electron chi connectivity index (χ0n) is 15.8. The predicted molar refractivity (Wildman–Crippen MR) is 106 cm³/mol. The molecule has 0 radical (unpaired) electrons. The minimum atomic E-state index is -1.06. The average molecular weight is 412 g/mol. The van der Waals surface area contributed by atoms with Crippen molar-refractivity contribution >= 4 is 28.5 Å². The minimum Gasteiger partial charge on any atom is -0.478 e. The van der Waals surface area contributed by atoms with Crippen LogP contribution in [0.25, 0.3) is 10.9 Å². The third-order valence-corrected chi connectivity index (χ3v) is 5.24. The third kappa shape index (κ3) is 3.78. The lowest BCUT2D eigenvalue weighted by atomic mass is 10.1. The van der Waals surface area contributed by atoms with Crippen LogP contribution < -0.4 is 10.2 Å².